The maximum Gasteiger partial charge on any atom is 0.140 e. The van der Waals surface area contributed by atoms with Crippen LogP contribution in [0.15, 0.2) is 24.3 Å². The van der Waals surface area contributed by atoms with E-state index in [-0.39, 0.29) is 5.92 Å². The minimum atomic E-state index is 0.209. The quantitative estimate of drug-likeness (QED) is 0.866. The normalized spacial score (nSPS) is 23.2. The highest BCUT2D eigenvalue weighted by Crippen LogP contribution is 2.32. The number of aryl methyl sites for hydroxylation is 1. The highest BCUT2D eigenvalue weighted by atomic mass is 16.1. The fraction of sp³-hybridized carbons (Fsp3) is 0.562. The predicted octanol–water partition coefficient (Wildman–Crippen LogP) is 2.74. The number of carbonyl (C=O) groups excluding carboxylic acids is 1. The van der Waals surface area contributed by atoms with Gasteiger partial charge in [0.05, 0.1) is 0 Å². The number of carbonyl (C=O) groups is 1. The molecule has 0 heterocycles. The highest BCUT2D eigenvalue weighted by molar-refractivity contribution is 5.83. The van der Waals surface area contributed by atoms with Gasteiger partial charge in [0.1, 0.15) is 5.78 Å². The summed E-state index contributed by atoms with van der Waals surface area (Å²) in [4.78, 5) is 12.3. The first-order valence-corrected chi connectivity index (χ1v) is 7.05. The van der Waals surface area contributed by atoms with Crippen LogP contribution in [0.5, 0.6) is 0 Å². The Morgan fingerprint density at radius 2 is 1.89 bits per heavy atom. The third-order valence-electron chi connectivity index (χ3n) is 4.18. The molecule has 1 aliphatic carbocycles. The van der Waals surface area contributed by atoms with Crippen LogP contribution < -0.4 is 5.73 Å². The van der Waals surface area contributed by atoms with Gasteiger partial charge in [0, 0.05) is 12.3 Å². The van der Waals surface area contributed by atoms with Crippen LogP contribution in [0.25, 0.3) is 0 Å². The van der Waals surface area contributed by atoms with Crippen LogP contribution in [0, 0.1) is 11.8 Å². The molecule has 0 saturated heterocycles. The Kier molecular flexibility index (Phi) is 4.54. The van der Waals surface area contributed by atoms with E-state index in [1.165, 1.54) is 5.56 Å². The zero-order valence-corrected chi connectivity index (χ0v) is 11.2. The van der Waals surface area contributed by atoms with Crippen molar-refractivity contribution in [3.63, 3.8) is 0 Å². The standard InChI is InChI=1S/C16H23NO/c1-2-12-6-8-13(9-7-12)10-16(18)15-5-3-4-14(15)11-17/h6-9,14-15H,2-5,10-11,17H2,1H3. The van der Waals surface area contributed by atoms with Gasteiger partial charge in [-0.15, -0.1) is 0 Å². The molecular formula is C16H23NO. The van der Waals surface area contributed by atoms with Gasteiger partial charge in [0.25, 0.3) is 0 Å². The second-order valence-electron chi connectivity index (χ2n) is 5.35. The third kappa shape index (κ3) is 2.99. The minimum Gasteiger partial charge on any atom is -0.330 e. The molecule has 0 bridgehead atoms. The fourth-order valence-corrected chi connectivity index (χ4v) is 2.97. The van der Waals surface area contributed by atoms with Gasteiger partial charge in [-0.1, -0.05) is 37.6 Å². The molecule has 2 N–H and O–H groups in total. The van der Waals surface area contributed by atoms with Gasteiger partial charge in [0.2, 0.25) is 0 Å². The summed E-state index contributed by atoms with van der Waals surface area (Å²) in [5.41, 5.74) is 8.21. The monoisotopic (exact) mass is 245 g/mol. The highest BCUT2D eigenvalue weighted by Gasteiger charge is 2.31. The molecule has 1 aromatic carbocycles. The molecule has 1 fully saturated rings. The molecule has 2 unspecified atom stereocenters. The van der Waals surface area contributed by atoms with Gasteiger partial charge >= 0.3 is 0 Å². The molecule has 0 spiro atoms. The van der Waals surface area contributed by atoms with E-state index < -0.39 is 0 Å². The first kappa shape index (κ1) is 13.3. The van der Waals surface area contributed by atoms with Gasteiger partial charge in [-0.05, 0) is 42.9 Å². The van der Waals surface area contributed by atoms with Crippen molar-refractivity contribution in [1.29, 1.82) is 0 Å². The summed E-state index contributed by atoms with van der Waals surface area (Å²) in [7, 11) is 0. The molecule has 0 aliphatic heterocycles. The molecule has 2 heteroatoms. The zero-order chi connectivity index (χ0) is 13.0. The topological polar surface area (TPSA) is 43.1 Å². The van der Waals surface area contributed by atoms with Crippen LogP contribution in [-0.4, -0.2) is 12.3 Å². The summed E-state index contributed by atoms with van der Waals surface area (Å²) in [5.74, 6) is 1.01. The lowest BCUT2D eigenvalue weighted by molar-refractivity contribution is -0.123. The lowest BCUT2D eigenvalue weighted by Crippen LogP contribution is -2.26. The van der Waals surface area contributed by atoms with Crippen LogP contribution in [-0.2, 0) is 17.6 Å². The Bertz CT molecular complexity index is 396. The van der Waals surface area contributed by atoms with Crippen LogP contribution in [0.4, 0.5) is 0 Å². The summed E-state index contributed by atoms with van der Waals surface area (Å²) < 4.78 is 0. The molecule has 1 aliphatic rings. The molecule has 1 saturated carbocycles. The molecule has 0 radical (unpaired) electrons. The number of benzene rings is 1. The molecule has 2 rings (SSSR count). The Morgan fingerprint density at radius 1 is 1.22 bits per heavy atom. The lowest BCUT2D eigenvalue weighted by Gasteiger charge is -2.16. The maximum atomic E-state index is 12.3. The number of rotatable bonds is 5. The van der Waals surface area contributed by atoms with Crippen LogP contribution >= 0.6 is 0 Å². The SMILES string of the molecule is CCc1ccc(CC(=O)C2CCCC2CN)cc1. The Labute approximate surface area is 110 Å². The van der Waals surface area contributed by atoms with E-state index in [4.69, 9.17) is 5.73 Å². The number of ketones is 1. The van der Waals surface area contributed by atoms with E-state index in [1.807, 2.05) is 0 Å². The minimum absolute atomic E-state index is 0.209. The molecule has 0 aromatic heterocycles. The van der Waals surface area contributed by atoms with E-state index in [1.54, 1.807) is 0 Å². The van der Waals surface area contributed by atoms with Crippen molar-refractivity contribution in [1.82, 2.24) is 0 Å². The molecule has 0 amide bonds. The van der Waals surface area contributed by atoms with Crippen molar-refractivity contribution >= 4 is 5.78 Å². The first-order valence-electron chi connectivity index (χ1n) is 7.05. The van der Waals surface area contributed by atoms with Crippen LogP contribution in [0.2, 0.25) is 0 Å². The maximum absolute atomic E-state index is 12.3. The molecule has 1 aromatic rings. The third-order valence-corrected chi connectivity index (χ3v) is 4.18. The average Bonchev–Trinajstić information content (AvgIpc) is 2.88. The van der Waals surface area contributed by atoms with E-state index in [0.717, 1.165) is 31.2 Å². The van der Waals surface area contributed by atoms with Gasteiger partial charge < -0.3 is 5.73 Å². The van der Waals surface area contributed by atoms with E-state index in [9.17, 15) is 4.79 Å². The number of Topliss-reactive ketones (excluding diaryl/α,β-unsaturated/α-hetero) is 1. The molecule has 18 heavy (non-hydrogen) atoms. The van der Waals surface area contributed by atoms with Gasteiger partial charge in [0.15, 0.2) is 0 Å². The number of hydrogen-bond acceptors (Lipinski definition) is 2. The molecule has 2 atom stereocenters. The predicted molar refractivity (Wildman–Crippen MR) is 74.4 cm³/mol. The van der Waals surface area contributed by atoms with Gasteiger partial charge in [-0.2, -0.15) is 0 Å². The molecular weight excluding hydrogens is 222 g/mol. The summed E-state index contributed by atoms with van der Waals surface area (Å²) in [6, 6.07) is 8.42. The van der Waals surface area contributed by atoms with Gasteiger partial charge in [-0.25, -0.2) is 0 Å². The van der Waals surface area contributed by atoms with Crippen molar-refractivity contribution < 1.29 is 4.79 Å². The van der Waals surface area contributed by atoms with E-state index in [0.29, 0.717) is 24.7 Å². The van der Waals surface area contributed by atoms with E-state index >= 15 is 0 Å². The summed E-state index contributed by atoms with van der Waals surface area (Å²) in [6.45, 7) is 2.80. The van der Waals surface area contributed by atoms with Crippen molar-refractivity contribution in [3.05, 3.63) is 35.4 Å². The van der Waals surface area contributed by atoms with Crippen LogP contribution in [0.3, 0.4) is 0 Å². The fourth-order valence-electron chi connectivity index (χ4n) is 2.97. The average molecular weight is 245 g/mol. The Hall–Kier alpha value is -1.15. The van der Waals surface area contributed by atoms with Gasteiger partial charge in [-0.3, -0.25) is 4.79 Å². The largest absolute Gasteiger partial charge is 0.330 e. The number of nitrogens with two attached hydrogens (primary N) is 1. The summed E-state index contributed by atoms with van der Waals surface area (Å²) in [5, 5.41) is 0. The number of hydrogen-bond donors (Lipinski definition) is 1. The molecule has 98 valence electrons. The molecule has 2 nitrogen and oxygen atoms in total. The van der Waals surface area contributed by atoms with E-state index in [2.05, 4.69) is 31.2 Å². The van der Waals surface area contributed by atoms with Crippen molar-refractivity contribution in [3.8, 4) is 0 Å². The lowest BCUT2D eigenvalue weighted by atomic mass is 9.89. The summed E-state index contributed by atoms with van der Waals surface area (Å²) >= 11 is 0. The Morgan fingerprint density at radius 3 is 2.50 bits per heavy atom. The smallest absolute Gasteiger partial charge is 0.140 e. The zero-order valence-electron chi connectivity index (χ0n) is 11.2. The van der Waals surface area contributed by atoms with Crippen molar-refractivity contribution in [2.45, 2.75) is 39.0 Å². The summed E-state index contributed by atoms with van der Waals surface area (Å²) in [6.07, 6.45) is 4.94. The second-order valence-corrected chi connectivity index (χ2v) is 5.35. The second kappa shape index (κ2) is 6.14. The van der Waals surface area contributed by atoms with Crippen molar-refractivity contribution in [2.75, 3.05) is 6.54 Å². The van der Waals surface area contributed by atoms with Crippen LogP contribution in [0.1, 0.15) is 37.3 Å². The Balaban J connectivity index is 1.97. The first-order chi connectivity index (χ1) is 8.74. The van der Waals surface area contributed by atoms with Crippen molar-refractivity contribution in [2.24, 2.45) is 17.6 Å².